The van der Waals surface area contributed by atoms with E-state index in [2.05, 4.69) is 132 Å². The van der Waals surface area contributed by atoms with E-state index >= 15 is 0 Å². The second-order valence-electron chi connectivity index (χ2n) is 14.3. The molecule has 42 heavy (non-hydrogen) atoms. The third-order valence-corrected chi connectivity index (χ3v) is 36.3. The van der Waals surface area contributed by atoms with E-state index in [-0.39, 0.29) is 24.8 Å². The Kier molecular flexibility index (Phi) is 8.62. The van der Waals surface area contributed by atoms with Crippen LogP contribution in [0.5, 0.6) is 0 Å². The zero-order valence-electron chi connectivity index (χ0n) is 26.1. The fraction of sp³-hybridized carbons (Fsp3) is 0.278. The Bertz CT molecular complexity index is 1710. The van der Waals surface area contributed by atoms with Crippen molar-refractivity contribution >= 4 is 52.2 Å². The first-order valence-corrected chi connectivity index (χ1v) is 30.7. The van der Waals surface area contributed by atoms with Gasteiger partial charge in [-0.3, -0.25) is 0 Å². The van der Waals surface area contributed by atoms with Crippen LogP contribution in [-0.2, 0) is 27.3 Å². The van der Waals surface area contributed by atoms with Crippen LogP contribution in [0, 0.1) is 0 Å². The molecule has 2 atom stereocenters. The molecule has 0 nitrogen and oxygen atoms in total. The van der Waals surface area contributed by atoms with E-state index < -0.39 is 43.0 Å². The Hall–Kier alpha value is -1.27. The molecule has 4 aromatic carbocycles. The van der Waals surface area contributed by atoms with Gasteiger partial charge in [-0.25, -0.2) is 0 Å². The molecule has 0 bridgehead atoms. The molecule has 0 fully saturated rings. The molecule has 0 N–H and O–H groups in total. The van der Waals surface area contributed by atoms with Gasteiger partial charge in [0.05, 0.1) is 0 Å². The summed E-state index contributed by atoms with van der Waals surface area (Å²) in [5, 5.41) is 6.82. The third-order valence-electron chi connectivity index (χ3n) is 9.73. The standard InChI is InChI=1S/C24H33Si2.C12H8Si.2ClH.Zr/c1-9-18-10-11-19-12-17(2)13-23(19)24(18)20-14-21(25(3,4)5)16-22(15-20)26(6,7)8;1-3-7-11-9(5-1)10-6-2-4-8-12(10)13-11;;;/h10-16H,9H2,1-8H3;1-7,13H;2*1H;/q;;;;+2/p-2. The SMILES string of the molecule is CCc1ccc2c(c1-c1cc([Si](C)(C)C)cc([Si](C)(C)C)c1)C=C(C)[CH]2[Zr+2]1[c]2cccc3c2[SiH]1c1ccccc1-3.[Cl-].[Cl-]. The molecule has 0 saturated carbocycles. The molecule has 1 aliphatic carbocycles. The van der Waals surface area contributed by atoms with Crippen molar-refractivity contribution < 1.29 is 45.7 Å². The van der Waals surface area contributed by atoms with E-state index in [0.29, 0.717) is 3.63 Å². The van der Waals surface area contributed by atoms with E-state index in [1.54, 1.807) is 49.0 Å². The summed E-state index contributed by atoms with van der Waals surface area (Å²) in [5.74, 6) is -1.05. The molecular formula is C36H41Cl2Si3Zr. The predicted molar refractivity (Wildman–Crippen MR) is 182 cm³/mol. The van der Waals surface area contributed by atoms with Gasteiger partial charge in [0.25, 0.3) is 0 Å². The quantitative estimate of drug-likeness (QED) is 0.260. The maximum Gasteiger partial charge on any atom is -1.00 e. The molecule has 2 aliphatic heterocycles. The largest absolute Gasteiger partial charge is 1.00 e. The van der Waals surface area contributed by atoms with Crippen LogP contribution in [0.3, 0.4) is 0 Å². The molecule has 215 valence electrons. The van der Waals surface area contributed by atoms with Gasteiger partial charge in [0, 0.05) is 0 Å². The van der Waals surface area contributed by atoms with Crippen LogP contribution in [0.2, 0.25) is 39.3 Å². The monoisotopic (exact) mass is 717 g/mol. The van der Waals surface area contributed by atoms with E-state index in [9.17, 15) is 0 Å². The Balaban J connectivity index is 0.00000176. The molecule has 0 saturated heterocycles. The number of hydrogen-bond acceptors (Lipinski definition) is 0. The maximum absolute atomic E-state index is 2.63. The first-order valence-electron chi connectivity index (χ1n) is 15.1. The van der Waals surface area contributed by atoms with Crippen molar-refractivity contribution in [2.45, 2.75) is 63.2 Å². The number of halogens is 2. The number of benzene rings is 4. The van der Waals surface area contributed by atoms with E-state index in [1.165, 1.54) is 11.1 Å². The van der Waals surface area contributed by atoms with Crippen LogP contribution in [0.1, 0.15) is 34.2 Å². The predicted octanol–water partition coefficient (Wildman–Crippen LogP) is 0.248. The number of aryl methyl sites for hydroxylation is 1. The molecule has 7 rings (SSSR count). The van der Waals surface area contributed by atoms with E-state index in [4.69, 9.17) is 0 Å². The van der Waals surface area contributed by atoms with Gasteiger partial charge in [-0.05, 0) is 0 Å². The Morgan fingerprint density at radius 1 is 0.762 bits per heavy atom. The van der Waals surface area contributed by atoms with Crippen LogP contribution < -0.4 is 48.8 Å². The summed E-state index contributed by atoms with van der Waals surface area (Å²) >= 11 is -1.94. The van der Waals surface area contributed by atoms with Crippen molar-refractivity contribution in [2.24, 2.45) is 0 Å². The Labute approximate surface area is 276 Å². The van der Waals surface area contributed by atoms with Gasteiger partial charge in [0.15, 0.2) is 0 Å². The molecule has 0 spiro atoms. The summed E-state index contributed by atoms with van der Waals surface area (Å²) in [5.41, 5.74) is 12.6. The van der Waals surface area contributed by atoms with Gasteiger partial charge < -0.3 is 24.8 Å². The number of hydrogen-bond donors (Lipinski definition) is 0. The summed E-state index contributed by atoms with van der Waals surface area (Å²) < 4.78 is 2.53. The van der Waals surface area contributed by atoms with Crippen LogP contribution in [-0.4, -0.2) is 22.1 Å². The van der Waals surface area contributed by atoms with E-state index in [0.717, 1.165) is 6.42 Å². The third kappa shape index (κ3) is 4.84. The molecule has 4 aromatic rings. The summed E-state index contributed by atoms with van der Waals surface area (Å²) in [6.07, 6.45) is 3.72. The fourth-order valence-electron chi connectivity index (χ4n) is 7.57. The minimum Gasteiger partial charge on any atom is -1.00 e. The van der Waals surface area contributed by atoms with Crippen LogP contribution in [0.15, 0.2) is 78.4 Å². The minimum absolute atomic E-state index is 0. The van der Waals surface area contributed by atoms with Gasteiger partial charge >= 0.3 is 254 Å². The summed E-state index contributed by atoms with van der Waals surface area (Å²) in [6, 6.07) is 29.6. The molecular weight excluding hydrogens is 679 g/mol. The molecule has 0 aromatic heterocycles. The number of allylic oxidation sites excluding steroid dienone is 1. The molecule has 2 unspecified atom stereocenters. The normalized spacial score (nSPS) is 17.8. The van der Waals surface area contributed by atoms with Crippen LogP contribution >= 0.6 is 0 Å². The molecule has 6 heteroatoms. The smallest absolute Gasteiger partial charge is 1.00 e. The van der Waals surface area contributed by atoms with Gasteiger partial charge in [-0.15, -0.1) is 0 Å². The number of rotatable bonds is 5. The Morgan fingerprint density at radius 3 is 2.05 bits per heavy atom. The van der Waals surface area contributed by atoms with Crippen molar-refractivity contribution in [3.8, 4) is 22.3 Å². The second-order valence-corrected chi connectivity index (χ2v) is 39.5. The molecule has 2 heterocycles. The topological polar surface area (TPSA) is 0 Å². The van der Waals surface area contributed by atoms with E-state index in [1.807, 2.05) is 8.46 Å². The van der Waals surface area contributed by atoms with Gasteiger partial charge in [0.2, 0.25) is 0 Å². The summed E-state index contributed by atoms with van der Waals surface area (Å²) in [6.45, 7) is 19.9. The first-order chi connectivity index (χ1) is 19.0. The molecule has 0 radical (unpaired) electrons. The maximum atomic E-state index is 2.63. The van der Waals surface area contributed by atoms with Crippen molar-refractivity contribution in [3.05, 3.63) is 95.1 Å². The van der Waals surface area contributed by atoms with Gasteiger partial charge in [-0.1, -0.05) is 0 Å². The average molecular weight is 720 g/mol. The average Bonchev–Trinajstić information content (AvgIpc) is 3.40. The van der Waals surface area contributed by atoms with Crippen molar-refractivity contribution in [1.82, 2.24) is 0 Å². The minimum atomic E-state index is -1.94. The first kappa shape index (κ1) is 32.1. The number of fused-ring (bicyclic) bond motifs is 4. The van der Waals surface area contributed by atoms with Gasteiger partial charge in [0.1, 0.15) is 0 Å². The van der Waals surface area contributed by atoms with Crippen molar-refractivity contribution in [3.63, 3.8) is 0 Å². The van der Waals surface area contributed by atoms with Crippen molar-refractivity contribution in [1.29, 1.82) is 0 Å². The summed E-state index contributed by atoms with van der Waals surface area (Å²) in [7, 11) is -2.92. The molecule has 0 amide bonds. The zero-order valence-corrected chi connectivity index (χ0v) is 33.2. The molecule has 3 aliphatic rings. The fourth-order valence-corrected chi connectivity index (χ4v) is 36.4. The zero-order chi connectivity index (χ0) is 28.1. The second kappa shape index (κ2) is 11.3. The van der Waals surface area contributed by atoms with Gasteiger partial charge in [-0.2, -0.15) is 0 Å². The van der Waals surface area contributed by atoms with Crippen LogP contribution in [0.25, 0.3) is 28.3 Å². The van der Waals surface area contributed by atoms with Crippen LogP contribution in [0.4, 0.5) is 0 Å². The summed E-state index contributed by atoms with van der Waals surface area (Å²) in [4.78, 5) is 0. The Morgan fingerprint density at radius 2 is 1.40 bits per heavy atom. The van der Waals surface area contributed by atoms with Crippen molar-refractivity contribution in [2.75, 3.05) is 0 Å².